The van der Waals surface area contributed by atoms with E-state index in [1.165, 1.54) is 0 Å². The number of aryl methyl sites for hydroxylation is 1. The third-order valence-electron chi connectivity index (χ3n) is 3.04. The minimum Gasteiger partial charge on any atom is -0.491 e. The van der Waals surface area contributed by atoms with Crippen LogP contribution in [0.1, 0.15) is 40.1 Å². The van der Waals surface area contributed by atoms with Crippen molar-refractivity contribution in [3.8, 4) is 5.75 Å². The quantitative estimate of drug-likeness (QED) is 0.853. The predicted octanol–water partition coefficient (Wildman–Crippen LogP) is 2.86. The fraction of sp³-hybridized carbons (Fsp3) is 0.222. The average molecular weight is 312 g/mol. The molecule has 0 unspecified atom stereocenters. The van der Waals surface area contributed by atoms with E-state index in [1.807, 2.05) is 26.8 Å². The van der Waals surface area contributed by atoms with Crippen LogP contribution >= 0.6 is 0 Å². The third-order valence-corrected chi connectivity index (χ3v) is 3.04. The molecule has 2 aromatic rings. The molecule has 0 aromatic heterocycles. The van der Waals surface area contributed by atoms with E-state index in [9.17, 15) is 9.59 Å². The second kappa shape index (κ2) is 7.45. The molecule has 2 amide bonds. The van der Waals surface area contributed by atoms with Crippen LogP contribution in [0.4, 0.5) is 0 Å². The highest BCUT2D eigenvalue weighted by molar-refractivity contribution is 5.99. The van der Waals surface area contributed by atoms with Crippen LogP contribution in [0, 0.1) is 6.92 Å². The molecule has 5 nitrogen and oxygen atoms in total. The number of hydrogen-bond acceptors (Lipinski definition) is 3. The second-order valence-corrected chi connectivity index (χ2v) is 5.47. The highest BCUT2D eigenvalue weighted by atomic mass is 16.5. The zero-order valence-corrected chi connectivity index (χ0v) is 13.4. The molecular weight excluding hydrogens is 292 g/mol. The summed E-state index contributed by atoms with van der Waals surface area (Å²) in [4.78, 5) is 24.1. The Balaban J connectivity index is 1.98. The number of rotatable bonds is 4. The number of benzene rings is 2. The van der Waals surface area contributed by atoms with E-state index in [0.717, 1.165) is 5.56 Å². The number of nitrogens with one attached hydrogen (secondary N) is 2. The molecule has 120 valence electrons. The zero-order valence-electron chi connectivity index (χ0n) is 13.4. The molecule has 0 bridgehead atoms. The first-order chi connectivity index (χ1) is 11.0. The summed E-state index contributed by atoms with van der Waals surface area (Å²) in [5.41, 5.74) is 6.68. The molecule has 0 fully saturated rings. The molecule has 0 heterocycles. The lowest BCUT2D eigenvalue weighted by molar-refractivity contribution is 0.0846. The molecule has 23 heavy (non-hydrogen) atoms. The van der Waals surface area contributed by atoms with Gasteiger partial charge in [0.2, 0.25) is 0 Å². The van der Waals surface area contributed by atoms with Gasteiger partial charge in [-0.3, -0.25) is 20.4 Å². The van der Waals surface area contributed by atoms with Gasteiger partial charge in [-0.1, -0.05) is 23.8 Å². The van der Waals surface area contributed by atoms with Crippen molar-refractivity contribution in [2.45, 2.75) is 26.9 Å². The lowest BCUT2D eigenvalue weighted by Gasteiger charge is -2.11. The van der Waals surface area contributed by atoms with Crippen LogP contribution in [0.15, 0.2) is 48.5 Å². The Bertz CT molecular complexity index is 711. The van der Waals surface area contributed by atoms with Crippen molar-refractivity contribution in [3.63, 3.8) is 0 Å². The first kappa shape index (κ1) is 16.5. The van der Waals surface area contributed by atoms with E-state index < -0.39 is 5.91 Å². The monoisotopic (exact) mass is 312 g/mol. The van der Waals surface area contributed by atoms with Crippen molar-refractivity contribution < 1.29 is 14.3 Å². The maximum atomic E-state index is 12.1. The molecule has 2 aromatic carbocycles. The van der Waals surface area contributed by atoms with E-state index in [-0.39, 0.29) is 12.0 Å². The van der Waals surface area contributed by atoms with E-state index in [4.69, 9.17) is 4.74 Å². The normalized spacial score (nSPS) is 10.3. The maximum absolute atomic E-state index is 12.1. The molecule has 0 saturated carbocycles. The lowest BCUT2D eigenvalue weighted by Crippen LogP contribution is -2.41. The van der Waals surface area contributed by atoms with E-state index in [2.05, 4.69) is 10.9 Å². The summed E-state index contributed by atoms with van der Waals surface area (Å²) in [6, 6.07) is 13.9. The van der Waals surface area contributed by atoms with Gasteiger partial charge in [0.1, 0.15) is 5.75 Å². The maximum Gasteiger partial charge on any atom is 0.269 e. The SMILES string of the molecule is Cc1cccc(C(=O)NNC(=O)c2cccc(OC(C)C)c2)c1. The van der Waals surface area contributed by atoms with Crippen molar-refractivity contribution in [1.82, 2.24) is 10.9 Å². The Labute approximate surface area is 135 Å². The first-order valence-electron chi connectivity index (χ1n) is 7.40. The van der Waals surface area contributed by atoms with Crippen LogP contribution in [-0.2, 0) is 0 Å². The van der Waals surface area contributed by atoms with Crippen LogP contribution in [0.25, 0.3) is 0 Å². The summed E-state index contributed by atoms with van der Waals surface area (Å²) < 4.78 is 5.55. The summed E-state index contributed by atoms with van der Waals surface area (Å²) in [6.07, 6.45) is 0.0225. The van der Waals surface area contributed by atoms with Gasteiger partial charge in [0.05, 0.1) is 6.10 Å². The Morgan fingerprint density at radius 3 is 2.04 bits per heavy atom. The first-order valence-corrected chi connectivity index (χ1v) is 7.40. The van der Waals surface area contributed by atoms with Gasteiger partial charge < -0.3 is 4.74 Å². The number of carbonyl (C=O) groups is 2. The van der Waals surface area contributed by atoms with Crippen molar-refractivity contribution in [1.29, 1.82) is 0 Å². The van der Waals surface area contributed by atoms with Crippen molar-refractivity contribution in [2.75, 3.05) is 0 Å². The topological polar surface area (TPSA) is 67.4 Å². The van der Waals surface area contributed by atoms with Gasteiger partial charge in [-0.2, -0.15) is 0 Å². The third kappa shape index (κ3) is 4.85. The summed E-state index contributed by atoms with van der Waals surface area (Å²) in [5.74, 6) is -0.158. The Hall–Kier alpha value is -2.82. The van der Waals surface area contributed by atoms with Gasteiger partial charge in [0.25, 0.3) is 11.8 Å². The second-order valence-electron chi connectivity index (χ2n) is 5.47. The van der Waals surface area contributed by atoms with E-state index in [0.29, 0.717) is 16.9 Å². The summed E-state index contributed by atoms with van der Waals surface area (Å²) in [7, 11) is 0. The molecule has 0 saturated heterocycles. The highest BCUT2D eigenvalue weighted by Crippen LogP contribution is 2.14. The molecule has 0 aliphatic carbocycles. The highest BCUT2D eigenvalue weighted by Gasteiger charge is 2.10. The van der Waals surface area contributed by atoms with Gasteiger partial charge in [-0.25, -0.2) is 0 Å². The van der Waals surface area contributed by atoms with Crippen LogP contribution in [0.2, 0.25) is 0 Å². The Kier molecular flexibility index (Phi) is 5.36. The van der Waals surface area contributed by atoms with E-state index >= 15 is 0 Å². The van der Waals surface area contributed by atoms with Gasteiger partial charge in [-0.15, -0.1) is 0 Å². The van der Waals surface area contributed by atoms with Gasteiger partial charge in [0, 0.05) is 11.1 Å². The summed E-state index contributed by atoms with van der Waals surface area (Å²) in [5, 5.41) is 0. The molecule has 0 aliphatic rings. The minimum atomic E-state index is -0.403. The van der Waals surface area contributed by atoms with Gasteiger partial charge >= 0.3 is 0 Å². The number of hydrazine groups is 1. The largest absolute Gasteiger partial charge is 0.491 e. The van der Waals surface area contributed by atoms with Gasteiger partial charge in [0.15, 0.2) is 0 Å². The molecule has 0 radical (unpaired) electrons. The molecular formula is C18H20N2O3. The van der Waals surface area contributed by atoms with Crippen LogP contribution in [-0.4, -0.2) is 17.9 Å². The van der Waals surface area contributed by atoms with Crippen molar-refractivity contribution in [3.05, 3.63) is 65.2 Å². The smallest absolute Gasteiger partial charge is 0.269 e. The molecule has 0 atom stereocenters. The molecule has 2 N–H and O–H groups in total. The van der Waals surface area contributed by atoms with Gasteiger partial charge in [-0.05, 0) is 51.1 Å². The minimum absolute atomic E-state index is 0.0225. The van der Waals surface area contributed by atoms with Crippen LogP contribution in [0.5, 0.6) is 5.75 Å². The molecule has 5 heteroatoms. The number of ether oxygens (including phenoxy) is 1. The fourth-order valence-electron chi connectivity index (χ4n) is 2.03. The van der Waals surface area contributed by atoms with E-state index in [1.54, 1.807) is 42.5 Å². The van der Waals surface area contributed by atoms with Crippen molar-refractivity contribution in [2.24, 2.45) is 0 Å². The lowest BCUT2D eigenvalue weighted by atomic mass is 10.1. The molecule has 0 spiro atoms. The standard InChI is InChI=1S/C18H20N2O3/c1-12(2)23-16-9-5-8-15(11-16)18(22)20-19-17(21)14-7-4-6-13(3)10-14/h4-12H,1-3H3,(H,19,21)(H,20,22). The summed E-state index contributed by atoms with van der Waals surface area (Å²) >= 11 is 0. The molecule has 2 rings (SSSR count). The number of carbonyl (C=O) groups excluding carboxylic acids is 2. The average Bonchev–Trinajstić information content (AvgIpc) is 2.52. The zero-order chi connectivity index (χ0) is 16.8. The Morgan fingerprint density at radius 2 is 1.48 bits per heavy atom. The van der Waals surface area contributed by atoms with Crippen LogP contribution < -0.4 is 15.6 Å². The van der Waals surface area contributed by atoms with Crippen LogP contribution in [0.3, 0.4) is 0 Å². The molecule has 0 aliphatic heterocycles. The van der Waals surface area contributed by atoms with Crippen molar-refractivity contribution >= 4 is 11.8 Å². The summed E-state index contributed by atoms with van der Waals surface area (Å²) in [6.45, 7) is 5.72. The Morgan fingerprint density at radius 1 is 0.913 bits per heavy atom. The number of amides is 2. The number of hydrogen-bond donors (Lipinski definition) is 2. The predicted molar refractivity (Wildman–Crippen MR) is 88.3 cm³/mol. The fourth-order valence-corrected chi connectivity index (χ4v) is 2.03.